The largest absolute Gasteiger partial charge is 0.492 e. The van der Waals surface area contributed by atoms with Crippen LogP contribution < -0.4 is 24.8 Å². The fraction of sp³-hybridized carbons (Fsp3) is 0.238. The van der Waals surface area contributed by atoms with Crippen molar-refractivity contribution in [1.29, 1.82) is 0 Å². The van der Waals surface area contributed by atoms with E-state index < -0.39 is 0 Å². The van der Waals surface area contributed by atoms with Gasteiger partial charge >= 0.3 is 0 Å². The summed E-state index contributed by atoms with van der Waals surface area (Å²) in [6.45, 7) is 5.59. The molecule has 0 aliphatic carbocycles. The van der Waals surface area contributed by atoms with Gasteiger partial charge in [0.05, 0.1) is 12.3 Å². The van der Waals surface area contributed by atoms with E-state index in [-0.39, 0.29) is 0 Å². The fourth-order valence-corrected chi connectivity index (χ4v) is 2.93. The maximum atomic E-state index is 5.66. The highest BCUT2D eigenvalue weighted by Gasteiger charge is 2.12. The van der Waals surface area contributed by atoms with Crippen LogP contribution in [0.2, 0.25) is 0 Å². The van der Waals surface area contributed by atoms with Crippen LogP contribution >= 0.6 is 0 Å². The summed E-state index contributed by atoms with van der Waals surface area (Å²) in [4.78, 5) is 9.06. The number of anilines is 4. The molecule has 28 heavy (non-hydrogen) atoms. The van der Waals surface area contributed by atoms with Crippen LogP contribution in [0.4, 0.5) is 23.1 Å². The minimum absolute atomic E-state index is 0.493. The van der Waals surface area contributed by atoms with E-state index in [1.807, 2.05) is 62.4 Å². The second kappa shape index (κ2) is 8.04. The van der Waals surface area contributed by atoms with E-state index in [1.54, 1.807) is 0 Å². The maximum Gasteiger partial charge on any atom is 0.229 e. The number of fused-ring (bicyclic) bond motifs is 1. The van der Waals surface area contributed by atoms with Crippen LogP contribution in [0.1, 0.15) is 12.6 Å². The zero-order chi connectivity index (χ0) is 19.3. The lowest BCUT2D eigenvalue weighted by Gasteiger charge is -2.19. The lowest BCUT2D eigenvalue weighted by atomic mass is 10.2. The second-order valence-corrected chi connectivity index (χ2v) is 6.26. The van der Waals surface area contributed by atoms with Crippen LogP contribution in [0, 0.1) is 6.92 Å². The first-order chi connectivity index (χ1) is 13.7. The van der Waals surface area contributed by atoms with Gasteiger partial charge in [0.15, 0.2) is 11.5 Å². The smallest absolute Gasteiger partial charge is 0.229 e. The third kappa shape index (κ3) is 4.09. The summed E-state index contributed by atoms with van der Waals surface area (Å²) in [5.74, 6) is 3.42. The van der Waals surface area contributed by atoms with Crippen molar-refractivity contribution in [2.75, 3.05) is 30.5 Å². The van der Waals surface area contributed by atoms with Gasteiger partial charge in [0.25, 0.3) is 0 Å². The van der Waals surface area contributed by atoms with Crippen molar-refractivity contribution in [2.24, 2.45) is 0 Å². The Balaban J connectivity index is 1.56. The van der Waals surface area contributed by atoms with Gasteiger partial charge < -0.3 is 24.8 Å². The zero-order valence-corrected chi connectivity index (χ0v) is 15.9. The van der Waals surface area contributed by atoms with Crippen LogP contribution in [-0.4, -0.2) is 29.8 Å². The Hall–Kier alpha value is -3.48. The number of nitrogens with zero attached hydrogens (tertiary/aromatic N) is 2. The van der Waals surface area contributed by atoms with Crippen LogP contribution in [0.15, 0.2) is 48.5 Å². The molecule has 1 aromatic heterocycles. The molecule has 1 aliphatic rings. The highest BCUT2D eigenvalue weighted by Crippen LogP contribution is 2.33. The molecule has 0 fully saturated rings. The molecule has 0 radical (unpaired) electrons. The van der Waals surface area contributed by atoms with Crippen LogP contribution in [-0.2, 0) is 0 Å². The Morgan fingerprint density at radius 3 is 2.64 bits per heavy atom. The van der Waals surface area contributed by atoms with Crippen molar-refractivity contribution in [3.63, 3.8) is 0 Å². The third-order valence-corrected chi connectivity index (χ3v) is 4.10. The SMILES string of the molecule is CCOc1ccccc1Nc1nc(C)cc(Nc2ccc3c(c2)OCCO3)n1. The molecule has 2 N–H and O–H groups in total. The minimum atomic E-state index is 0.493. The Bertz CT molecular complexity index is 978. The van der Waals surface area contributed by atoms with Crippen LogP contribution in [0.5, 0.6) is 17.2 Å². The number of ether oxygens (including phenoxy) is 3. The molecule has 0 amide bonds. The van der Waals surface area contributed by atoms with Gasteiger partial charge in [-0.2, -0.15) is 4.98 Å². The number of benzene rings is 2. The summed E-state index contributed by atoms with van der Waals surface area (Å²) in [7, 11) is 0. The average molecular weight is 378 g/mol. The van der Waals surface area contributed by atoms with Crippen molar-refractivity contribution < 1.29 is 14.2 Å². The second-order valence-electron chi connectivity index (χ2n) is 6.26. The topological polar surface area (TPSA) is 77.5 Å². The molecular weight excluding hydrogens is 356 g/mol. The van der Waals surface area contributed by atoms with Gasteiger partial charge in [-0.15, -0.1) is 0 Å². The van der Waals surface area contributed by atoms with E-state index in [1.165, 1.54) is 0 Å². The Labute approximate surface area is 163 Å². The van der Waals surface area contributed by atoms with E-state index >= 15 is 0 Å². The van der Waals surface area contributed by atoms with Crippen molar-refractivity contribution in [3.05, 3.63) is 54.2 Å². The number of para-hydroxylation sites is 2. The molecule has 0 saturated heterocycles. The van der Waals surface area contributed by atoms with Gasteiger partial charge in [-0.3, -0.25) is 0 Å². The zero-order valence-electron chi connectivity index (χ0n) is 15.9. The predicted molar refractivity (Wildman–Crippen MR) is 108 cm³/mol. The van der Waals surface area contributed by atoms with Gasteiger partial charge in [0, 0.05) is 23.5 Å². The summed E-state index contributed by atoms with van der Waals surface area (Å²) in [6.07, 6.45) is 0. The molecule has 0 saturated carbocycles. The molecule has 1 aliphatic heterocycles. The normalized spacial score (nSPS) is 12.4. The molecule has 0 spiro atoms. The molecule has 0 unspecified atom stereocenters. The Morgan fingerprint density at radius 2 is 1.79 bits per heavy atom. The van der Waals surface area contributed by atoms with Crippen LogP contribution in [0.3, 0.4) is 0 Å². The average Bonchev–Trinajstić information content (AvgIpc) is 2.69. The molecule has 3 aromatic rings. The van der Waals surface area contributed by atoms with Gasteiger partial charge in [-0.1, -0.05) is 12.1 Å². The van der Waals surface area contributed by atoms with E-state index in [2.05, 4.69) is 20.6 Å². The summed E-state index contributed by atoms with van der Waals surface area (Å²) in [5, 5.41) is 6.55. The first kappa shape index (κ1) is 17.9. The van der Waals surface area contributed by atoms with E-state index in [9.17, 15) is 0 Å². The van der Waals surface area contributed by atoms with Crippen molar-refractivity contribution in [1.82, 2.24) is 9.97 Å². The molecule has 0 bridgehead atoms. The summed E-state index contributed by atoms with van der Waals surface area (Å²) < 4.78 is 16.9. The summed E-state index contributed by atoms with van der Waals surface area (Å²) in [6, 6.07) is 15.3. The van der Waals surface area contributed by atoms with Gasteiger partial charge in [0.1, 0.15) is 24.8 Å². The molecule has 7 heteroatoms. The number of aryl methyl sites for hydroxylation is 1. The third-order valence-electron chi connectivity index (χ3n) is 4.10. The van der Waals surface area contributed by atoms with Crippen molar-refractivity contribution >= 4 is 23.1 Å². The molecule has 2 aromatic carbocycles. The minimum Gasteiger partial charge on any atom is -0.492 e. The summed E-state index contributed by atoms with van der Waals surface area (Å²) in [5.41, 5.74) is 2.52. The van der Waals surface area contributed by atoms with Crippen molar-refractivity contribution in [2.45, 2.75) is 13.8 Å². The Morgan fingerprint density at radius 1 is 0.964 bits per heavy atom. The van der Waals surface area contributed by atoms with E-state index in [4.69, 9.17) is 14.2 Å². The highest BCUT2D eigenvalue weighted by molar-refractivity contribution is 5.65. The maximum absolute atomic E-state index is 5.66. The highest BCUT2D eigenvalue weighted by atomic mass is 16.6. The lowest BCUT2D eigenvalue weighted by molar-refractivity contribution is 0.171. The summed E-state index contributed by atoms with van der Waals surface area (Å²) >= 11 is 0. The molecule has 144 valence electrons. The lowest BCUT2D eigenvalue weighted by Crippen LogP contribution is -2.15. The van der Waals surface area contributed by atoms with Gasteiger partial charge in [-0.25, -0.2) is 4.98 Å². The Kier molecular flexibility index (Phi) is 5.14. The molecule has 2 heterocycles. The van der Waals surface area contributed by atoms with Gasteiger partial charge in [0.2, 0.25) is 5.95 Å². The quantitative estimate of drug-likeness (QED) is 0.656. The van der Waals surface area contributed by atoms with E-state index in [0.717, 1.165) is 34.3 Å². The van der Waals surface area contributed by atoms with Crippen LogP contribution in [0.25, 0.3) is 0 Å². The number of hydrogen-bond acceptors (Lipinski definition) is 7. The van der Waals surface area contributed by atoms with Gasteiger partial charge in [-0.05, 0) is 38.1 Å². The molecular formula is C21H22N4O3. The van der Waals surface area contributed by atoms with E-state index in [0.29, 0.717) is 31.6 Å². The molecule has 0 atom stereocenters. The number of aromatic nitrogens is 2. The monoisotopic (exact) mass is 378 g/mol. The molecule has 4 rings (SSSR count). The number of nitrogens with one attached hydrogen (secondary N) is 2. The first-order valence-electron chi connectivity index (χ1n) is 9.22. The number of rotatable bonds is 6. The first-order valence-corrected chi connectivity index (χ1v) is 9.22. The standard InChI is InChI=1S/C21H22N4O3/c1-3-26-17-7-5-4-6-16(17)24-21-22-14(2)12-20(25-21)23-15-8-9-18-19(13-15)28-11-10-27-18/h4-9,12-13H,3,10-11H2,1-2H3,(H2,22,23,24,25). The fourth-order valence-electron chi connectivity index (χ4n) is 2.93. The van der Waals surface area contributed by atoms with Crippen molar-refractivity contribution in [3.8, 4) is 17.2 Å². The molecule has 7 nitrogen and oxygen atoms in total. The number of hydrogen-bond donors (Lipinski definition) is 2. The predicted octanol–water partition coefficient (Wildman–Crippen LogP) is 4.44.